The summed E-state index contributed by atoms with van der Waals surface area (Å²) in [7, 11) is 1.22. The Bertz CT molecular complexity index is 746. The Kier molecular flexibility index (Phi) is 5.62. The molecule has 7 heteroatoms. The number of hydrogen-bond acceptors (Lipinski definition) is 5. The quantitative estimate of drug-likeness (QED) is 0.499. The van der Waals surface area contributed by atoms with Gasteiger partial charge in [-0.25, -0.2) is 0 Å². The fourth-order valence-electron chi connectivity index (χ4n) is 2.27. The van der Waals surface area contributed by atoms with Crippen LogP contribution in [-0.2, 0) is 9.53 Å². The summed E-state index contributed by atoms with van der Waals surface area (Å²) in [5.41, 5.74) is 0.475. The van der Waals surface area contributed by atoms with Gasteiger partial charge in [0.1, 0.15) is 0 Å². The van der Waals surface area contributed by atoms with Crippen LogP contribution >= 0.6 is 0 Å². The van der Waals surface area contributed by atoms with Crippen molar-refractivity contribution in [3.8, 4) is 0 Å². The molecule has 2 aromatic carbocycles. The molecule has 124 valence electrons. The molecule has 1 atom stereocenters. The van der Waals surface area contributed by atoms with Crippen LogP contribution < -0.4 is 5.32 Å². The van der Waals surface area contributed by atoms with E-state index in [0.29, 0.717) is 5.56 Å². The molecule has 0 saturated heterocycles. The number of nitrogens with zero attached hydrogens (tertiary/aromatic N) is 1. The van der Waals surface area contributed by atoms with Crippen LogP contribution in [0.3, 0.4) is 0 Å². The maximum Gasteiger partial charge on any atom is 0.307 e. The zero-order chi connectivity index (χ0) is 17.5. The molecule has 1 amide bonds. The van der Waals surface area contributed by atoms with Crippen LogP contribution in [0.2, 0.25) is 0 Å². The zero-order valence-corrected chi connectivity index (χ0v) is 13.0. The van der Waals surface area contributed by atoms with Gasteiger partial charge in [-0.3, -0.25) is 19.7 Å². The summed E-state index contributed by atoms with van der Waals surface area (Å²) in [4.78, 5) is 34.7. The summed E-state index contributed by atoms with van der Waals surface area (Å²) in [6.45, 7) is 0. The van der Waals surface area contributed by atoms with Crippen LogP contribution in [0, 0.1) is 10.1 Å². The molecule has 1 unspecified atom stereocenters. The molecule has 0 heterocycles. The van der Waals surface area contributed by atoms with Crippen molar-refractivity contribution in [1.29, 1.82) is 0 Å². The predicted molar refractivity (Wildman–Crippen MR) is 86.4 cm³/mol. The minimum Gasteiger partial charge on any atom is -0.469 e. The molecule has 0 fully saturated rings. The molecule has 7 nitrogen and oxygen atoms in total. The molecule has 0 aliphatic rings. The minimum atomic E-state index is -0.869. The van der Waals surface area contributed by atoms with Crippen molar-refractivity contribution in [2.45, 2.75) is 12.5 Å². The largest absolute Gasteiger partial charge is 0.469 e. The van der Waals surface area contributed by atoms with E-state index in [0.717, 1.165) is 0 Å². The van der Waals surface area contributed by atoms with Gasteiger partial charge in [-0.05, 0) is 12.1 Å². The van der Waals surface area contributed by atoms with Crippen molar-refractivity contribution < 1.29 is 19.2 Å². The Hall–Kier alpha value is -3.22. The number of benzene rings is 2. The summed E-state index contributed by atoms with van der Waals surface area (Å²) >= 11 is 0. The number of para-hydroxylation sites is 1. The van der Waals surface area contributed by atoms with Gasteiger partial charge in [0.25, 0.3) is 11.6 Å². The molecule has 0 aliphatic carbocycles. The molecule has 0 aliphatic heterocycles. The van der Waals surface area contributed by atoms with Gasteiger partial charge in [0.2, 0.25) is 0 Å². The maximum atomic E-state index is 12.3. The van der Waals surface area contributed by atoms with Crippen molar-refractivity contribution >= 4 is 17.6 Å². The van der Waals surface area contributed by atoms with Gasteiger partial charge in [-0.15, -0.1) is 0 Å². The number of esters is 1. The molecule has 2 aromatic rings. The molecule has 2 rings (SSSR count). The highest BCUT2D eigenvalue weighted by atomic mass is 16.6. The summed E-state index contributed by atoms with van der Waals surface area (Å²) < 4.78 is 4.63. The lowest BCUT2D eigenvalue weighted by Crippen LogP contribution is -2.31. The van der Waals surface area contributed by atoms with E-state index in [1.807, 2.05) is 0 Å². The number of hydrogen-bond donors (Lipinski definition) is 1. The van der Waals surface area contributed by atoms with Crippen molar-refractivity contribution in [3.05, 3.63) is 75.8 Å². The van der Waals surface area contributed by atoms with E-state index in [4.69, 9.17) is 0 Å². The van der Waals surface area contributed by atoms with E-state index in [2.05, 4.69) is 10.1 Å². The smallest absolute Gasteiger partial charge is 0.307 e. The van der Waals surface area contributed by atoms with Gasteiger partial charge >= 0.3 is 5.97 Å². The predicted octanol–water partition coefficient (Wildman–Crippen LogP) is 2.63. The second-order valence-corrected chi connectivity index (χ2v) is 4.99. The molecule has 1 N–H and O–H groups in total. The number of amides is 1. The summed E-state index contributed by atoms with van der Waals surface area (Å²) in [5.74, 6) is -1.01. The fourth-order valence-corrected chi connectivity index (χ4v) is 2.27. The van der Waals surface area contributed by atoms with Crippen LogP contribution in [0.4, 0.5) is 5.69 Å². The van der Waals surface area contributed by atoms with E-state index in [1.165, 1.54) is 25.3 Å². The average Bonchev–Trinajstić information content (AvgIpc) is 2.61. The Morgan fingerprint density at radius 2 is 1.75 bits per heavy atom. The highest BCUT2D eigenvalue weighted by Crippen LogP contribution is 2.27. The number of carbonyl (C=O) groups excluding carboxylic acids is 2. The molecule has 0 spiro atoms. The number of nitro benzene ring substituents is 1. The lowest BCUT2D eigenvalue weighted by atomic mass is 10.0. The van der Waals surface area contributed by atoms with Gasteiger partial charge in [-0.2, -0.15) is 0 Å². The molecule has 0 aromatic heterocycles. The van der Waals surface area contributed by atoms with Crippen molar-refractivity contribution in [3.63, 3.8) is 0 Å². The zero-order valence-electron chi connectivity index (χ0n) is 13.0. The van der Waals surface area contributed by atoms with Crippen LogP contribution in [0.5, 0.6) is 0 Å². The number of rotatable bonds is 6. The molecular weight excluding hydrogens is 312 g/mol. The number of ether oxygens (including phenoxy) is 1. The topological polar surface area (TPSA) is 98.5 Å². The number of methoxy groups -OCH3 is 1. The number of nitrogens with one attached hydrogen (secondary N) is 1. The van der Waals surface area contributed by atoms with E-state index in [-0.39, 0.29) is 17.7 Å². The SMILES string of the molecule is COC(=O)CC(NC(=O)c1ccccc1)c1ccccc1[N+](=O)[O-]. The molecule has 0 radical (unpaired) electrons. The van der Waals surface area contributed by atoms with Crippen molar-refractivity contribution in [2.24, 2.45) is 0 Å². The van der Waals surface area contributed by atoms with E-state index in [9.17, 15) is 19.7 Å². The third-order valence-electron chi connectivity index (χ3n) is 3.45. The van der Waals surface area contributed by atoms with Crippen LogP contribution in [0.1, 0.15) is 28.4 Å². The van der Waals surface area contributed by atoms with Crippen molar-refractivity contribution in [1.82, 2.24) is 5.32 Å². The molecule has 24 heavy (non-hydrogen) atoms. The first-order chi connectivity index (χ1) is 11.5. The Morgan fingerprint density at radius 3 is 2.38 bits per heavy atom. The highest BCUT2D eigenvalue weighted by molar-refractivity contribution is 5.94. The third kappa shape index (κ3) is 4.16. The van der Waals surface area contributed by atoms with Crippen LogP contribution in [0.25, 0.3) is 0 Å². The number of nitro groups is 1. The second kappa shape index (κ2) is 7.87. The lowest BCUT2D eigenvalue weighted by molar-refractivity contribution is -0.385. The minimum absolute atomic E-state index is 0.167. The van der Waals surface area contributed by atoms with E-state index >= 15 is 0 Å². The normalized spacial score (nSPS) is 11.4. The fraction of sp³-hybridized carbons (Fsp3) is 0.176. The Morgan fingerprint density at radius 1 is 1.12 bits per heavy atom. The standard InChI is InChI=1S/C17H16N2O5/c1-24-16(20)11-14(13-9-5-6-10-15(13)19(22)23)18-17(21)12-7-3-2-4-8-12/h2-10,14H,11H2,1H3,(H,18,21). The van der Waals surface area contributed by atoms with Gasteiger partial charge in [0.15, 0.2) is 0 Å². The third-order valence-corrected chi connectivity index (χ3v) is 3.45. The van der Waals surface area contributed by atoms with Gasteiger partial charge in [0.05, 0.1) is 30.1 Å². The van der Waals surface area contributed by atoms with Crippen LogP contribution in [-0.4, -0.2) is 23.9 Å². The first-order valence-corrected chi connectivity index (χ1v) is 7.19. The Balaban J connectivity index is 2.33. The van der Waals surface area contributed by atoms with Gasteiger partial charge in [-0.1, -0.05) is 36.4 Å². The van der Waals surface area contributed by atoms with Gasteiger partial charge < -0.3 is 10.1 Å². The first kappa shape index (κ1) is 17.1. The van der Waals surface area contributed by atoms with Crippen LogP contribution in [0.15, 0.2) is 54.6 Å². The maximum absolute atomic E-state index is 12.3. The first-order valence-electron chi connectivity index (χ1n) is 7.19. The lowest BCUT2D eigenvalue weighted by Gasteiger charge is -2.18. The highest BCUT2D eigenvalue weighted by Gasteiger charge is 2.26. The van der Waals surface area contributed by atoms with Crippen molar-refractivity contribution in [2.75, 3.05) is 7.11 Å². The second-order valence-electron chi connectivity index (χ2n) is 4.99. The average molecular weight is 328 g/mol. The molecule has 0 saturated carbocycles. The molecule has 0 bridgehead atoms. The Labute approximate surface area is 138 Å². The summed E-state index contributed by atoms with van der Waals surface area (Å²) in [5, 5.41) is 13.9. The number of carbonyl (C=O) groups is 2. The monoisotopic (exact) mass is 328 g/mol. The van der Waals surface area contributed by atoms with Gasteiger partial charge in [0, 0.05) is 11.6 Å². The summed E-state index contributed by atoms with van der Waals surface area (Å²) in [6, 6.07) is 13.5. The summed E-state index contributed by atoms with van der Waals surface area (Å²) in [6.07, 6.45) is -0.208. The van der Waals surface area contributed by atoms with E-state index in [1.54, 1.807) is 36.4 Å². The van der Waals surface area contributed by atoms with E-state index < -0.39 is 22.8 Å². The molecular formula is C17H16N2O5.